The Kier molecular flexibility index (Phi) is 3.20. The van der Waals surface area contributed by atoms with E-state index in [1.165, 1.54) is 11.0 Å². The van der Waals surface area contributed by atoms with Gasteiger partial charge < -0.3 is 10.6 Å². The van der Waals surface area contributed by atoms with Gasteiger partial charge in [-0.25, -0.2) is 4.39 Å². The smallest absolute Gasteiger partial charge is 0.247 e. The van der Waals surface area contributed by atoms with Gasteiger partial charge in [-0.15, -0.1) is 0 Å². The Morgan fingerprint density at radius 1 is 1.10 bits per heavy atom. The van der Waals surface area contributed by atoms with Crippen molar-refractivity contribution in [3.05, 3.63) is 64.9 Å². The van der Waals surface area contributed by atoms with Gasteiger partial charge in [0.05, 0.1) is 6.04 Å². The highest BCUT2D eigenvalue weighted by Gasteiger charge is 2.47. The Morgan fingerprint density at radius 2 is 1.75 bits per heavy atom. The topological polar surface area (TPSA) is 46.3 Å². The zero-order valence-corrected chi connectivity index (χ0v) is 11.2. The average Bonchev–Trinajstić information content (AvgIpc) is 2.46. The first-order valence-corrected chi connectivity index (χ1v) is 6.56. The number of nitrogens with two attached hydrogens (primary N) is 1. The summed E-state index contributed by atoms with van der Waals surface area (Å²) in [6.45, 7) is 0. The largest absolute Gasteiger partial charge is 0.318 e. The molecule has 0 aromatic heterocycles. The highest BCUT2D eigenvalue weighted by Crippen LogP contribution is 2.39. The maximum absolute atomic E-state index is 13.9. The van der Waals surface area contributed by atoms with Crippen molar-refractivity contribution in [1.82, 2.24) is 0 Å². The van der Waals surface area contributed by atoms with Crippen LogP contribution < -0.4 is 10.6 Å². The fraction of sp³-hybridized carbons (Fsp3) is 0.133. The highest BCUT2D eigenvalue weighted by molar-refractivity contribution is 6.30. The van der Waals surface area contributed by atoms with Crippen LogP contribution in [-0.4, -0.2) is 11.9 Å². The first-order valence-electron chi connectivity index (χ1n) is 6.18. The van der Waals surface area contributed by atoms with Gasteiger partial charge in [0.15, 0.2) is 0 Å². The van der Waals surface area contributed by atoms with E-state index in [1.54, 1.807) is 42.5 Å². The number of benzene rings is 2. The van der Waals surface area contributed by atoms with Crippen LogP contribution in [0.5, 0.6) is 0 Å². The van der Waals surface area contributed by atoms with Gasteiger partial charge in [0.1, 0.15) is 11.9 Å². The number of carbonyl (C=O) groups excluding carboxylic acids is 1. The molecule has 3 nitrogen and oxygen atoms in total. The fourth-order valence-corrected chi connectivity index (χ4v) is 2.57. The molecule has 102 valence electrons. The lowest BCUT2D eigenvalue weighted by molar-refractivity contribution is -0.126. The Balaban J connectivity index is 2.00. The predicted octanol–water partition coefficient (Wildman–Crippen LogP) is 2.89. The van der Waals surface area contributed by atoms with E-state index in [9.17, 15) is 9.18 Å². The summed E-state index contributed by atoms with van der Waals surface area (Å²) < 4.78 is 13.9. The molecule has 1 saturated heterocycles. The third kappa shape index (κ3) is 1.97. The van der Waals surface area contributed by atoms with E-state index in [0.717, 1.165) is 0 Å². The maximum Gasteiger partial charge on any atom is 0.247 e. The van der Waals surface area contributed by atoms with Crippen LogP contribution >= 0.6 is 11.6 Å². The quantitative estimate of drug-likeness (QED) is 0.865. The van der Waals surface area contributed by atoms with E-state index in [1.807, 2.05) is 0 Å². The molecule has 2 atom stereocenters. The summed E-state index contributed by atoms with van der Waals surface area (Å²) in [5.74, 6) is -0.583. The van der Waals surface area contributed by atoms with Crippen molar-refractivity contribution >= 4 is 23.2 Å². The lowest BCUT2D eigenvalue weighted by Gasteiger charge is -2.45. The SMILES string of the molecule is N[C@H]1C(=O)N(c2ccc(Cl)cc2)[C@H]1c1ccccc1F. The molecule has 1 fully saturated rings. The number of amides is 1. The minimum Gasteiger partial charge on any atom is -0.318 e. The van der Waals surface area contributed by atoms with E-state index < -0.39 is 12.1 Å². The lowest BCUT2D eigenvalue weighted by atomic mass is 9.88. The van der Waals surface area contributed by atoms with E-state index in [2.05, 4.69) is 0 Å². The van der Waals surface area contributed by atoms with Gasteiger partial charge in [0.25, 0.3) is 0 Å². The standard InChI is InChI=1S/C15H12ClFN2O/c16-9-5-7-10(8-6-9)19-14(13(18)15(19)20)11-3-1-2-4-12(11)17/h1-8,13-14H,18H2/t13-,14+/m1/s1. The van der Waals surface area contributed by atoms with Crippen molar-refractivity contribution in [2.75, 3.05) is 4.90 Å². The minimum absolute atomic E-state index is 0.222. The normalized spacial score (nSPS) is 21.8. The zero-order valence-electron chi connectivity index (χ0n) is 10.5. The zero-order chi connectivity index (χ0) is 14.3. The molecule has 2 N–H and O–H groups in total. The summed E-state index contributed by atoms with van der Waals surface area (Å²) in [6.07, 6.45) is 0. The second-order valence-electron chi connectivity index (χ2n) is 4.68. The molecule has 5 heteroatoms. The fourth-order valence-electron chi connectivity index (χ4n) is 2.45. The lowest BCUT2D eigenvalue weighted by Crippen LogP contribution is -2.63. The first kappa shape index (κ1) is 13.1. The number of halogens is 2. The maximum atomic E-state index is 13.9. The van der Waals surface area contributed by atoms with Crippen LogP contribution in [-0.2, 0) is 4.79 Å². The van der Waals surface area contributed by atoms with Crippen LogP contribution in [0, 0.1) is 5.82 Å². The second-order valence-corrected chi connectivity index (χ2v) is 5.11. The van der Waals surface area contributed by atoms with E-state index >= 15 is 0 Å². The van der Waals surface area contributed by atoms with Gasteiger partial charge in [0.2, 0.25) is 5.91 Å². The van der Waals surface area contributed by atoms with Crippen LogP contribution in [0.15, 0.2) is 48.5 Å². The number of carbonyl (C=O) groups is 1. The van der Waals surface area contributed by atoms with Crippen molar-refractivity contribution in [2.24, 2.45) is 5.73 Å². The Hall–Kier alpha value is -1.91. The summed E-state index contributed by atoms with van der Waals surface area (Å²) in [4.78, 5) is 13.5. The van der Waals surface area contributed by atoms with E-state index in [0.29, 0.717) is 16.3 Å². The molecule has 0 saturated carbocycles. The molecule has 0 spiro atoms. The average molecular weight is 291 g/mol. The monoisotopic (exact) mass is 290 g/mol. The van der Waals surface area contributed by atoms with Gasteiger partial charge in [-0.2, -0.15) is 0 Å². The predicted molar refractivity (Wildman–Crippen MR) is 76.1 cm³/mol. The van der Waals surface area contributed by atoms with Crippen molar-refractivity contribution in [3.63, 3.8) is 0 Å². The molecular formula is C15H12ClFN2O. The molecule has 0 radical (unpaired) electrons. The number of anilines is 1. The molecule has 1 amide bonds. The molecular weight excluding hydrogens is 279 g/mol. The molecule has 3 rings (SSSR count). The van der Waals surface area contributed by atoms with Gasteiger partial charge in [0, 0.05) is 16.3 Å². The molecule has 1 heterocycles. The van der Waals surface area contributed by atoms with Crippen LogP contribution in [0.3, 0.4) is 0 Å². The highest BCUT2D eigenvalue weighted by atomic mass is 35.5. The minimum atomic E-state index is -0.720. The summed E-state index contributed by atoms with van der Waals surface area (Å²) >= 11 is 5.83. The molecule has 0 bridgehead atoms. The summed E-state index contributed by atoms with van der Waals surface area (Å²) in [7, 11) is 0. The molecule has 1 aliphatic heterocycles. The van der Waals surface area contributed by atoms with E-state index in [4.69, 9.17) is 17.3 Å². The summed E-state index contributed by atoms with van der Waals surface area (Å²) in [5, 5.41) is 0.577. The van der Waals surface area contributed by atoms with Crippen LogP contribution in [0.25, 0.3) is 0 Å². The number of nitrogens with zero attached hydrogens (tertiary/aromatic N) is 1. The number of β-lactam (4-membered cyclic amide) rings is 1. The van der Waals surface area contributed by atoms with Gasteiger partial charge >= 0.3 is 0 Å². The van der Waals surface area contributed by atoms with Crippen molar-refractivity contribution in [3.8, 4) is 0 Å². The number of hydrogen-bond acceptors (Lipinski definition) is 2. The Morgan fingerprint density at radius 3 is 2.40 bits per heavy atom. The van der Waals surface area contributed by atoms with Gasteiger partial charge in [-0.1, -0.05) is 29.8 Å². The number of rotatable bonds is 2. The molecule has 1 aliphatic rings. The molecule has 2 aromatic carbocycles. The Bertz CT molecular complexity index is 659. The van der Waals surface area contributed by atoms with Crippen LogP contribution in [0.4, 0.5) is 10.1 Å². The molecule has 0 unspecified atom stereocenters. The summed E-state index contributed by atoms with van der Waals surface area (Å²) in [5.41, 5.74) is 6.93. The van der Waals surface area contributed by atoms with Gasteiger partial charge in [-0.05, 0) is 30.3 Å². The Labute approximate surface area is 120 Å². The first-order chi connectivity index (χ1) is 9.59. The van der Waals surface area contributed by atoms with Crippen LogP contribution in [0.2, 0.25) is 5.02 Å². The van der Waals surface area contributed by atoms with E-state index in [-0.39, 0.29) is 11.7 Å². The third-order valence-electron chi connectivity index (χ3n) is 3.47. The second kappa shape index (κ2) is 4.89. The molecule has 2 aromatic rings. The van der Waals surface area contributed by atoms with Crippen molar-refractivity contribution < 1.29 is 9.18 Å². The summed E-state index contributed by atoms with van der Waals surface area (Å²) in [6, 6.07) is 12.0. The van der Waals surface area contributed by atoms with Crippen molar-refractivity contribution in [2.45, 2.75) is 12.1 Å². The van der Waals surface area contributed by atoms with Crippen LogP contribution in [0.1, 0.15) is 11.6 Å². The molecule has 20 heavy (non-hydrogen) atoms. The van der Waals surface area contributed by atoms with Crippen molar-refractivity contribution in [1.29, 1.82) is 0 Å². The molecule has 0 aliphatic carbocycles. The van der Waals surface area contributed by atoms with Gasteiger partial charge in [-0.3, -0.25) is 4.79 Å². The number of hydrogen-bond donors (Lipinski definition) is 1. The third-order valence-corrected chi connectivity index (χ3v) is 3.72.